The SMILES string of the molecule is COc1ccccc1C(C)NC(=O)N1CCN(Cc2ccc(Br)s2)CC1. The zero-order chi connectivity index (χ0) is 18.5. The summed E-state index contributed by atoms with van der Waals surface area (Å²) in [7, 11) is 1.65. The van der Waals surface area contributed by atoms with E-state index in [0.29, 0.717) is 0 Å². The van der Waals surface area contributed by atoms with Gasteiger partial charge in [-0.1, -0.05) is 18.2 Å². The molecule has 2 aromatic rings. The number of piperazine rings is 1. The monoisotopic (exact) mass is 437 g/mol. The van der Waals surface area contributed by atoms with Crippen LogP contribution in [-0.2, 0) is 6.54 Å². The van der Waals surface area contributed by atoms with E-state index in [1.165, 1.54) is 4.88 Å². The molecule has 2 heterocycles. The summed E-state index contributed by atoms with van der Waals surface area (Å²) >= 11 is 5.28. The van der Waals surface area contributed by atoms with Crippen molar-refractivity contribution in [3.8, 4) is 5.75 Å². The molecule has 1 saturated heterocycles. The number of hydrogen-bond acceptors (Lipinski definition) is 4. The van der Waals surface area contributed by atoms with Gasteiger partial charge in [-0.05, 0) is 41.1 Å². The van der Waals surface area contributed by atoms with Gasteiger partial charge < -0.3 is 15.0 Å². The number of benzene rings is 1. The first-order chi connectivity index (χ1) is 12.6. The van der Waals surface area contributed by atoms with Crippen LogP contribution >= 0.6 is 27.3 Å². The van der Waals surface area contributed by atoms with Crippen LogP contribution in [0, 0.1) is 0 Å². The zero-order valence-corrected chi connectivity index (χ0v) is 17.5. The average Bonchev–Trinajstić information content (AvgIpc) is 3.06. The first-order valence-electron chi connectivity index (χ1n) is 8.71. The molecule has 140 valence electrons. The fraction of sp³-hybridized carbons (Fsp3) is 0.421. The Hall–Kier alpha value is -1.57. The van der Waals surface area contributed by atoms with E-state index >= 15 is 0 Å². The smallest absolute Gasteiger partial charge is 0.317 e. The maximum atomic E-state index is 12.6. The third-order valence-corrected chi connectivity index (χ3v) is 6.22. The molecule has 26 heavy (non-hydrogen) atoms. The van der Waals surface area contributed by atoms with Crippen molar-refractivity contribution in [3.63, 3.8) is 0 Å². The number of amides is 2. The van der Waals surface area contributed by atoms with Crippen molar-refractivity contribution in [1.82, 2.24) is 15.1 Å². The predicted octanol–water partition coefficient (Wildman–Crippen LogP) is 4.11. The molecule has 1 atom stereocenters. The average molecular weight is 438 g/mol. The molecule has 1 aliphatic heterocycles. The Labute approximate surface area is 167 Å². The number of methoxy groups -OCH3 is 1. The summed E-state index contributed by atoms with van der Waals surface area (Å²) in [5.74, 6) is 0.798. The number of urea groups is 1. The Kier molecular flexibility index (Phi) is 6.56. The maximum absolute atomic E-state index is 12.6. The lowest BCUT2D eigenvalue weighted by molar-refractivity contribution is 0.134. The molecular formula is C19H24BrN3O2S. The topological polar surface area (TPSA) is 44.8 Å². The van der Waals surface area contributed by atoms with Crippen LogP contribution in [0.15, 0.2) is 40.2 Å². The van der Waals surface area contributed by atoms with E-state index in [1.54, 1.807) is 18.4 Å². The molecule has 1 aromatic heterocycles. The molecule has 0 aliphatic carbocycles. The van der Waals surface area contributed by atoms with Gasteiger partial charge in [-0.3, -0.25) is 4.90 Å². The van der Waals surface area contributed by atoms with Gasteiger partial charge in [0.25, 0.3) is 0 Å². The number of nitrogens with one attached hydrogen (secondary N) is 1. The van der Waals surface area contributed by atoms with Gasteiger partial charge in [-0.15, -0.1) is 11.3 Å². The van der Waals surface area contributed by atoms with Gasteiger partial charge >= 0.3 is 6.03 Å². The highest BCUT2D eigenvalue weighted by molar-refractivity contribution is 9.11. The van der Waals surface area contributed by atoms with E-state index in [9.17, 15) is 4.79 Å². The maximum Gasteiger partial charge on any atom is 0.317 e. The Morgan fingerprint density at radius 2 is 1.96 bits per heavy atom. The zero-order valence-electron chi connectivity index (χ0n) is 15.1. The van der Waals surface area contributed by atoms with Crippen LogP contribution in [0.3, 0.4) is 0 Å². The normalized spacial score (nSPS) is 16.3. The molecule has 0 bridgehead atoms. The van der Waals surface area contributed by atoms with E-state index in [-0.39, 0.29) is 12.1 Å². The second-order valence-electron chi connectivity index (χ2n) is 6.38. The van der Waals surface area contributed by atoms with Crippen LogP contribution in [0.1, 0.15) is 23.4 Å². The second-order valence-corrected chi connectivity index (χ2v) is 8.93. The summed E-state index contributed by atoms with van der Waals surface area (Å²) in [6, 6.07) is 11.9. The summed E-state index contributed by atoms with van der Waals surface area (Å²) in [4.78, 5) is 18.2. The van der Waals surface area contributed by atoms with Gasteiger partial charge in [0.2, 0.25) is 0 Å². The fourth-order valence-corrected chi connectivity index (χ4v) is 4.67. The fourth-order valence-electron chi connectivity index (χ4n) is 3.14. The highest BCUT2D eigenvalue weighted by atomic mass is 79.9. The number of carbonyl (C=O) groups excluding carboxylic acids is 1. The van der Waals surface area contributed by atoms with E-state index in [2.05, 4.69) is 38.3 Å². The number of ether oxygens (including phenoxy) is 1. The molecule has 0 saturated carbocycles. The molecule has 0 radical (unpaired) electrons. The van der Waals surface area contributed by atoms with E-state index < -0.39 is 0 Å². The summed E-state index contributed by atoms with van der Waals surface area (Å²) in [6.45, 7) is 6.22. The van der Waals surface area contributed by atoms with Gasteiger partial charge in [0.15, 0.2) is 0 Å². The standard InChI is InChI=1S/C19H24BrN3O2S/c1-14(16-5-3-4-6-17(16)25-2)21-19(24)23-11-9-22(10-12-23)13-15-7-8-18(20)26-15/h3-8,14H,9-13H2,1-2H3,(H,21,24). The van der Waals surface area contributed by atoms with Crippen LogP contribution in [0.2, 0.25) is 0 Å². The van der Waals surface area contributed by atoms with Crippen molar-refractivity contribution in [2.75, 3.05) is 33.3 Å². The Balaban J connectivity index is 1.50. The second kappa shape index (κ2) is 8.88. The largest absolute Gasteiger partial charge is 0.496 e. The lowest BCUT2D eigenvalue weighted by Gasteiger charge is -2.35. The molecule has 7 heteroatoms. The summed E-state index contributed by atoms with van der Waals surface area (Å²) in [5, 5.41) is 3.09. The van der Waals surface area contributed by atoms with E-state index in [1.807, 2.05) is 36.1 Å². The molecule has 1 unspecified atom stereocenters. The number of halogens is 1. The van der Waals surface area contributed by atoms with Crippen molar-refractivity contribution in [1.29, 1.82) is 0 Å². The highest BCUT2D eigenvalue weighted by Gasteiger charge is 2.23. The third kappa shape index (κ3) is 4.78. The minimum Gasteiger partial charge on any atom is -0.496 e. The van der Waals surface area contributed by atoms with Crippen molar-refractivity contribution in [3.05, 3.63) is 50.6 Å². The van der Waals surface area contributed by atoms with Crippen LogP contribution in [-0.4, -0.2) is 49.1 Å². The number of nitrogens with zero attached hydrogens (tertiary/aromatic N) is 2. The van der Waals surface area contributed by atoms with Crippen LogP contribution in [0.5, 0.6) is 5.75 Å². The van der Waals surface area contributed by atoms with Crippen molar-refractivity contribution >= 4 is 33.3 Å². The third-order valence-electron chi connectivity index (χ3n) is 4.61. The number of rotatable bonds is 5. The summed E-state index contributed by atoms with van der Waals surface area (Å²) in [5.41, 5.74) is 0.991. The Bertz CT molecular complexity index is 744. The number of carbonyl (C=O) groups is 1. The van der Waals surface area contributed by atoms with Gasteiger partial charge in [0.05, 0.1) is 16.9 Å². The predicted molar refractivity (Wildman–Crippen MR) is 109 cm³/mol. The van der Waals surface area contributed by atoms with Crippen LogP contribution < -0.4 is 10.1 Å². The van der Waals surface area contributed by atoms with E-state index in [4.69, 9.17) is 4.74 Å². The summed E-state index contributed by atoms with van der Waals surface area (Å²) in [6.07, 6.45) is 0. The minimum absolute atomic E-state index is 0.0121. The molecule has 1 aromatic carbocycles. The summed E-state index contributed by atoms with van der Waals surface area (Å²) < 4.78 is 6.55. The van der Waals surface area contributed by atoms with Crippen LogP contribution in [0.25, 0.3) is 0 Å². The Morgan fingerprint density at radius 3 is 2.62 bits per heavy atom. The van der Waals surface area contributed by atoms with Crippen molar-refractivity contribution in [2.24, 2.45) is 0 Å². The van der Waals surface area contributed by atoms with Gasteiger partial charge in [-0.25, -0.2) is 4.79 Å². The van der Waals surface area contributed by atoms with E-state index in [0.717, 1.165) is 47.8 Å². The first kappa shape index (κ1) is 19.2. The molecule has 2 amide bonds. The van der Waals surface area contributed by atoms with Crippen LogP contribution in [0.4, 0.5) is 4.79 Å². The molecule has 5 nitrogen and oxygen atoms in total. The molecule has 3 rings (SSSR count). The molecular weight excluding hydrogens is 414 g/mol. The quantitative estimate of drug-likeness (QED) is 0.765. The minimum atomic E-state index is -0.0971. The number of para-hydroxylation sites is 1. The Morgan fingerprint density at radius 1 is 1.23 bits per heavy atom. The van der Waals surface area contributed by atoms with Crippen molar-refractivity contribution in [2.45, 2.75) is 19.5 Å². The van der Waals surface area contributed by atoms with Gasteiger partial charge in [-0.2, -0.15) is 0 Å². The van der Waals surface area contributed by atoms with Crippen molar-refractivity contribution < 1.29 is 9.53 Å². The molecule has 1 aliphatic rings. The number of hydrogen-bond donors (Lipinski definition) is 1. The van der Waals surface area contributed by atoms with Gasteiger partial charge in [0.1, 0.15) is 5.75 Å². The lowest BCUT2D eigenvalue weighted by atomic mass is 10.1. The number of thiophene rings is 1. The molecule has 1 N–H and O–H groups in total. The molecule has 0 spiro atoms. The highest BCUT2D eigenvalue weighted by Crippen LogP contribution is 2.25. The molecule has 1 fully saturated rings. The lowest BCUT2D eigenvalue weighted by Crippen LogP contribution is -2.51. The van der Waals surface area contributed by atoms with Gasteiger partial charge in [0, 0.05) is 43.2 Å². The first-order valence-corrected chi connectivity index (χ1v) is 10.3.